The molecule has 0 amide bonds. The van der Waals surface area contributed by atoms with E-state index in [1.807, 2.05) is 12.1 Å². The van der Waals surface area contributed by atoms with E-state index in [1.165, 1.54) is 6.42 Å². The van der Waals surface area contributed by atoms with Gasteiger partial charge in [-0.1, -0.05) is 19.9 Å². The minimum atomic E-state index is -0.0930. The van der Waals surface area contributed by atoms with Gasteiger partial charge in [0, 0.05) is 25.2 Å². The van der Waals surface area contributed by atoms with Gasteiger partial charge in [0.25, 0.3) is 0 Å². The molecule has 0 aromatic heterocycles. The summed E-state index contributed by atoms with van der Waals surface area (Å²) in [4.78, 5) is 2.20. The maximum absolute atomic E-state index is 14.4. The van der Waals surface area contributed by atoms with E-state index in [2.05, 4.69) is 44.8 Å². The van der Waals surface area contributed by atoms with Crippen LogP contribution < -0.4 is 10.2 Å². The molecule has 0 bridgehead atoms. The van der Waals surface area contributed by atoms with E-state index in [-0.39, 0.29) is 11.4 Å². The number of anilines is 1. The molecule has 21 heavy (non-hydrogen) atoms. The van der Waals surface area contributed by atoms with Crippen molar-refractivity contribution in [2.24, 2.45) is 11.8 Å². The Bertz CT molecular complexity index is 469. The molecule has 2 atom stereocenters. The van der Waals surface area contributed by atoms with Gasteiger partial charge in [-0.05, 0) is 56.7 Å². The Balaban J connectivity index is 2.08. The quantitative estimate of drug-likeness (QED) is 0.898. The normalized spacial score (nSPS) is 23.4. The molecule has 118 valence electrons. The Morgan fingerprint density at radius 1 is 1.19 bits per heavy atom. The summed E-state index contributed by atoms with van der Waals surface area (Å²) >= 11 is 0. The fourth-order valence-electron chi connectivity index (χ4n) is 3.14. The molecular formula is C18H29FN2. The van der Waals surface area contributed by atoms with Crippen LogP contribution in [0.25, 0.3) is 0 Å². The monoisotopic (exact) mass is 292 g/mol. The van der Waals surface area contributed by atoms with Crippen LogP contribution in [0.1, 0.15) is 46.6 Å². The van der Waals surface area contributed by atoms with Crippen molar-refractivity contribution in [3.63, 3.8) is 0 Å². The summed E-state index contributed by atoms with van der Waals surface area (Å²) in [6, 6.07) is 5.67. The second-order valence-electron chi connectivity index (χ2n) is 7.74. The summed E-state index contributed by atoms with van der Waals surface area (Å²) in [6.45, 7) is 13.5. The van der Waals surface area contributed by atoms with E-state index in [0.717, 1.165) is 24.3 Å². The Kier molecular flexibility index (Phi) is 4.92. The molecule has 1 aromatic rings. The Morgan fingerprint density at radius 3 is 2.33 bits per heavy atom. The molecule has 3 heteroatoms. The van der Waals surface area contributed by atoms with Gasteiger partial charge < -0.3 is 10.2 Å². The van der Waals surface area contributed by atoms with E-state index in [9.17, 15) is 4.39 Å². The summed E-state index contributed by atoms with van der Waals surface area (Å²) in [5, 5.41) is 3.40. The van der Waals surface area contributed by atoms with Gasteiger partial charge in [-0.3, -0.25) is 0 Å². The fraction of sp³-hybridized carbons (Fsp3) is 0.667. The van der Waals surface area contributed by atoms with Crippen LogP contribution in [-0.4, -0.2) is 18.6 Å². The standard InChI is InChI=1S/C18H29FN2/c1-13-8-14(2)12-21(11-13)17-7-6-15(9-16(17)19)10-20-18(3,4)5/h6-7,9,13-14,20H,8,10-12H2,1-5H3. The number of benzene rings is 1. The molecule has 0 radical (unpaired) electrons. The number of nitrogens with one attached hydrogen (secondary N) is 1. The predicted molar refractivity (Wildman–Crippen MR) is 88.2 cm³/mol. The minimum absolute atomic E-state index is 0.0485. The van der Waals surface area contributed by atoms with Crippen LogP contribution in [0.5, 0.6) is 0 Å². The summed E-state index contributed by atoms with van der Waals surface area (Å²) in [7, 11) is 0. The molecule has 1 fully saturated rings. The van der Waals surface area contributed by atoms with Crippen molar-refractivity contribution < 1.29 is 4.39 Å². The van der Waals surface area contributed by atoms with Gasteiger partial charge in [-0.25, -0.2) is 4.39 Å². The number of hydrogen-bond acceptors (Lipinski definition) is 2. The Morgan fingerprint density at radius 2 is 1.81 bits per heavy atom. The van der Waals surface area contributed by atoms with E-state index in [1.54, 1.807) is 6.07 Å². The lowest BCUT2D eigenvalue weighted by Crippen LogP contribution is -2.39. The van der Waals surface area contributed by atoms with Crippen molar-refractivity contribution in [3.05, 3.63) is 29.6 Å². The van der Waals surface area contributed by atoms with Crippen molar-refractivity contribution >= 4 is 5.69 Å². The number of piperidine rings is 1. The van der Waals surface area contributed by atoms with Gasteiger partial charge in [0.1, 0.15) is 5.82 Å². The lowest BCUT2D eigenvalue weighted by molar-refractivity contribution is 0.354. The van der Waals surface area contributed by atoms with Crippen LogP contribution in [0.15, 0.2) is 18.2 Å². The number of rotatable bonds is 3. The zero-order valence-electron chi connectivity index (χ0n) is 14.0. The minimum Gasteiger partial charge on any atom is -0.369 e. The fourth-order valence-corrected chi connectivity index (χ4v) is 3.14. The Labute approximate surface area is 128 Å². The third kappa shape index (κ3) is 4.70. The summed E-state index contributed by atoms with van der Waals surface area (Å²) in [5.41, 5.74) is 1.81. The highest BCUT2D eigenvalue weighted by Crippen LogP contribution is 2.28. The summed E-state index contributed by atoms with van der Waals surface area (Å²) in [6.07, 6.45) is 1.24. The molecule has 1 heterocycles. The zero-order valence-corrected chi connectivity index (χ0v) is 14.0. The number of hydrogen-bond donors (Lipinski definition) is 1. The van der Waals surface area contributed by atoms with E-state index in [4.69, 9.17) is 0 Å². The molecule has 2 unspecified atom stereocenters. The van der Waals surface area contributed by atoms with Gasteiger partial charge in [0.05, 0.1) is 5.69 Å². The second kappa shape index (κ2) is 6.35. The van der Waals surface area contributed by atoms with E-state index < -0.39 is 0 Å². The highest BCUT2D eigenvalue weighted by atomic mass is 19.1. The topological polar surface area (TPSA) is 15.3 Å². The molecule has 1 aliphatic rings. The van der Waals surface area contributed by atoms with Crippen molar-refractivity contribution in [1.82, 2.24) is 5.32 Å². The molecule has 1 saturated heterocycles. The highest BCUT2D eigenvalue weighted by molar-refractivity contribution is 5.49. The molecule has 1 aromatic carbocycles. The summed E-state index contributed by atoms with van der Waals surface area (Å²) < 4.78 is 14.4. The van der Waals surface area contributed by atoms with Crippen molar-refractivity contribution in [2.45, 2.75) is 53.1 Å². The average Bonchev–Trinajstić information content (AvgIpc) is 2.34. The van der Waals surface area contributed by atoms with Gasteiger partial charge >= 0.3 is 0 Å². The molecule has 1 N–H and O–H groups in total. The average molecular weight is 292 g/mol. The molecule has 0 saturated carbocycles. The number of nitrogens with zero attached hydrogens (tertiary/aromatic N) is 1. The van der Waals surface area contributed by atoms with Crippen LogP contribution in [0.4, 0.5) is 10.1 Å². The molecule has 2 rings (SSSR count). The van der Waals surface area contributed by atoms with Crippen molar-refractivity contribution in [3.8, 4) is 0 Å². The first kappa shape index (κ1) is 16.3. The first-order chi connectivity index (χ1) is 9.74. The molecule has 2 nitrogen and oxygen atoms in total. The molecule has 1 aliphatic heterocycles. The third-order valence-corrected chi connectivity index (χ3v) is 4.04. The molecule has 0 spiro atoms. The van der Waals surface area contributed by atoms with Crippen LogP contribution in [0.2, 0.25) is 0 Å². The SMILES string of the molecule is CC1CC(C)CN(c2ccc(CNC(C)(C)C)cc2F)C1. The highest BCUT2D eigenvalue weighted by Gasteiger charge is 2.23. The van der Waals surface area contributed by atoms with Crippen LogP contribution in [-0.2, 0) is 6.54 Å². The molecule has 0 aliphatic carbocycles. The Hall–Kier alpha value is -1.09. The van der Waals surface area contributed by atoms with Crippen molar-refractivity contribution in [2.75, 3.05) is 18.0 Å². The van der Waals surface area contributed by atoms with Gasteiger partial charge in [-0.2, -0.15) is 0 Å². The van der Waals surface area contributed by atoms with Crippen LogP contribution >= 0.6 is 0 Å². The second-order valence-corrected chi connectivity index (χ2v) is 7.74. The van der Waals surface area contributed by atoms with Gasteiger partial charge in [0.2, 0.25) is 0 Å². The summed E-state index contributed by atoms with van der Waals surface area (Å²) in [5.74, 6) is 1.18. The lowest BCUT2D eigenvalue weighted by atomic mass is 9.91. The van der Waals surface area contributed by atoms with Gasteiger partial charge in [0.15, 0.2) is 0 Å². The van der Waals surface area contributed by atoms with Crippen molar-refractivity contribution in [1.29, 1.82) is 0 Å². The van der Waals surface area contributed by atoms with E-state index >= 15 is 0 Å². The zero-order chi connectivity index (χ0) is 15.6. The maximum Gasteiger partial charge on any atom is 0.146 e. The third-order valence-electron chi connectivity index (χ3n) is 4.04. The molecular weight excluding hydrogens is 263 g/mol. The number of halogens is 1. The largest absolute Gasteiger partial charge is 0.369 e. The predicted octanol–water partition coefficient (Wildman–Crippen LogP) is 4.20. The van der Waals surface area contributed by atoms with Crippen LogP contribution in [0.3, 0.4) is 0 Å². The first-order valence-corrected chi connectivity index (χ1v) is 8.03. The lowest BCUT2D eigenvalue weighted by Gasteiger charge is -2.36. The van der Waals surface area contributed by atoms with Crippen LogP contribution in [0, 0.1) is 17.7 Å². The maximum atomic E-state index is 14.4. The van der Waals surface area contributed by atoms with E-state index in [0.29, 0.717) is 18.4 Å². The first-order valence-electron chi connectivity index (χ1n) is 8.03. The smallest absolute Gasteiger partial charge is 0.146 e. The van der Waals surface area contributed by atoms with Gasteiger partial charge in [-0.15, -0.1) is 0 Å².